The molecule has 7 nitrogen and oxygen atoms in total. The van der Waals surface area contributed by atoms with Crippen molar-refractivity contribution in [2.75, 3.05) is 23.3 Å². The molecular formula is C22H24N6O. The fourth-order valence-electron chi connectivity index (χ4n) is 3.78. The Balaban J connectivity index is 1.19. The number of rotatable bonds is 5. The van der Waals surface area contributed by atoms with Gasteiger partial charge in [-0.25, -0.2) is 0 Å². The number of amides is 1. The molecule has 0 unspecified atom stereocenters. The molecule has 2 aliphatic rings. The summed E-state index contributed by atoms with van der Waals surface area (Å²) in [6.45, 7) is 1.67. The molecule has 2 fully saturated rings. The van der Waals surface area contributed by atoms with Crippen molar-refractivity contribution >= 4 is 34.1 Å². The van der Waals surface area contributed by atoms with E-state index in [1.54, 1.807) is 6.20 Å². The standard InChI is InChI=1S/C22H24N6O/c29-22(25-17-3-4-17)15-9-12-28(13-10-15)21-8-7-20(26-27-21)24-18-5-6-19-16(14-18)2-1-11-23-19/h1-2,5-8,11,14-15,17H,3-4,9-10,12-13H2,(H,24,26)(H,25,29). The van der Waals surface area contributed by atoms with Crippen LogP contribution in [0.15, 0.2) is 48.7 Å². The number of benzene rings is 1. The van der Waals surface area contributed by atoms with Gasteiger partial charge in [0.1, 0.15) is 0 Å². The van der Waals surface area contributed by atoms with Crippen LogP contribution in [0.2, 0.25) is 0 Å². The van der Waals surface area contributed by atoms with Crippen LogP contribution in [0, 0.1) is 5.92 Å². The van der Waals surface area contributed by atoms with E-state index >= 15 is 0 Å². The number of carbonyl (C=O) groups is 1. The summed E-state index contributed by atoms with van der Waals surface area (Å²) in [5.74, 6) is 1.92. The first-order chi connectivity index (χ1) is 14.2. The highest BCUT2D eigenvalue weighted by molar-refractivity contribution is 5.83. The zero-order chi connectivity index (χ0) is 19.6. The van der Waals surface area contributed by atoms with Gasteiger partial charge in [0.2, 0.25) is 5.91 Å². The highest BCUT2D eigenvalue weighted by Gasteiger charge is 2.30. The summed E-state index contributed by atoms with van der Waals surface area (Å²) in [4.78, 5) is 18.8. The molecule has 1 aromatic carbocycles. The Morgan fingerprint density at radius 1 is 1.00 bits per heavy atom. The predicted octanol–water partition coefficient (Wildman–Crippen LogP) is 3.26. The van der Waals surface area contributed by atoms with Crippen LogP contribution in [-0.4, -0.2) is 40.2 Å². The highest BCUT2D eigenvalue weighted by atomic mass is 16.2. The first kappa shape index (κ1) is 17.8. The minimum Gasteiger partial charge on any atom is -0.355 e. The summed E-state index contributed by atoms with van der Waals surface area (Å²) in [5, 5.41) is 16.2. The molecule has 3 heterocycles. The van der Waals surface area contributed by atoms with E-state index in [-0.39, 0.29) is 11.8 Å². The SMILES string of the molecule is O=C(NC1CC1)C1CCN(c2ccc(Nc3ccc4ncccc4c3)nn2)CC1. The largest absolute Gasteiger partial charge is 0.355 e. The second kappa shape index (κ2) is 7.66. The van der Waals surface area contributed by atoms with Crippen LogP contribution in [-0.2, 0) is 4.79 Å². The minimum atomic E-state index is 0.128. The van der Waals surface area contributed by atoms with Crippen molar-refractivity contribution in [1.82, 2.24) is 20.5 Å². The first-order valence-electron chi connectivity index (χ1n) is 10.3. The van der Waals surface area contributed by atoms with Gasteiger partial charge in [0, 0.05) is 42.3 Å². The number of aromatic nitrogens is 3. The van der Waals surface area contributed by atoms with E-state index in [0.717, 1.165) is 61.2 Å². The second-order valence-corrected chi connectivity index (χ2v) is 7.86. The summed E-state index contributed by atoms with van der Waals surface area (Å²) < 4.78 is 0. The number of nitrogens with zero attached hydrogens (tertiary/aromatic N) is 4. The van der Waals surface area contributed by atoms with Crippen molar-refractivity contribution in [2.24, 2.45) is 5.92 Å². The number of hydrogen-bond donors (Lipinski definition) is 2. The van der Waals surface area contributed by atoms with E-state index in [1.807, 2.05) is 36.4 Å². The average Bonchev–Trinajstić information content (AvgIpc) is 3.58. The molecule has 1 aliphatic heterocycles. The summed E-state index contributed by atoms with van der Waals surface area (Å²) in [7, 11) is 0. The molecule has 0 spiro atoms. The van der Waals surface area contributed by atoms with Gasteiger partial charge in [0.15, 0.2) is 11.6 Å². The quantitative estimate of drug-likeness (QED) is 0.698. The summed E-state index contributed by atoms with van der Waals surface area (Å²) in [6, 6.07) is 14.4. The van der Waals surface area contributed by atoms with E-state index in [2.05, 4.69) is 36.8 Å². The lowest BCUT2D eigenvalue weighted by Crippen LogP contribution is -2.41. The van der Waals surface area contributed by atoms with Gasteiger partial charge in [-0.15, -0.1) is 10.2 Å². The Morgan fingerprint density at radius 3 is 2.62 bits per heavy atom. The maximum atomic E-state index is 12.2. The van der Waals surface area contributed by atoms with Crippen molar-refractivity contribution in [3.63, 3.8) is 0 Å². The van der Waals surface area contributed by atoms with Crippen molar-refractivity contribution in [2.45, 2.75) is 31.7 Å². The van der Waals surface area contributed by atoms with Crippen molar-refractivity contribution in [3.05, 3.63) is 48.7 Å². The smallest absolute Gasteiger partial charge is 0.223 e. The van der Waals surface area contributed by atoms with E-state index in [9.17, 15) is 4.79 Å². The van der Waals surface area contributed by atoms with E-state index < -0.39 is 0 Å². The van der Waals surface area contributed by atoms with Gasteiger partial charge in [-0.2, -0.15) is 0 Å². The summed E-state index contributed by atoms with van der Waals surface area (Å²) >= 11 is 0. The number of piperidine rings is 1. The predicted molar refractivity (Wildman–Crippen MR) is 113 cm³/mol. The van der Waals surface area contributed by atoms with Crippen LogP contribution < -0.4 is 15.5 Å². The molecule has 7 heteroatoms. The zero-order valence-electron chi connectivity index (χ0n) is 16.2. The normalized spacial score (nSPS) is 17.3. The Morgan fingerprint density at radius 2 is 1.86 bits per heavy atom. The Hall–Kier alpha value is -3.22. The molecule has 2 aromatic heterocycles. The molecule has 2 N–H and O–H groups in total. The molecular weight excluding hydrogens is 364 g/mol. The molecule has 1 amide bonds. The van der Waals surface area contributed by atoms with Crippen molar-refractivity contribution in [1.29, 1.82) is 0 Å². The zero-order valence-corrected chi connectivity index (χ0v) is 16.2. The van der Waals surface area contributed by atoms with Gasteiger partial charge in [0.25, 0.3) is 0 Å². The maximum Gasteiger partial charge on any atom is 0.223 e. The second-order valence-electron chi connectivity index (χ2n) is 7.86. The Bertz CT molecular complexity index is 1010. The average molecular weight is 388 g/mol. The number of hydrogen-bond acceptors (Lipinski definition) is 6. The monoisotopic (exact) mass is 388 g/mol. The lowest BCUT2D eigenvalue weighted by molar-refractivity contribution is -0.125. The highest BCUT2D eigenvalue weighted by Crippen LogP contribution is 2.25. The van der Waals surface area contributed by atoms with Crippen LogP contribution in [0.1, 0.15) is 25.7 Å². The maximum absolute atomic E-state index is 12.2. The molecule has 5 rings (SSSR count). The molecule has 29 heavy (non-hydrogen) atoms. The fraction of sp³-hybridized carbons (Fsp3) is 0.364. The molecule has 1 saturated heterocycles. The van der Waals surface area contributed by atoms with Gasteiger partial charge >= 0.3 is 0 Å². The van der Waals surface area contributed by atoms with E-state index in [4.69, 9.17) is 0 Å². The van der Waals surface area contributed by atoms with Crippen LogP contribution in [0.5, 0.6) is 0 Å². The van der Waals surface area contributed by atoms with Crippen molar-refractivity contribution < 1.29 is 4.79 Å². The third-order valence-electron chi connectivity index (χ3n) is 5.64. The number of nitrogens with one attached hydrogen (secondary N) is 2. The van der Waals surface area contributed by atoms with Crippen molar-refractivity contribution in [3.8, 4) is 0 Å². The summed E-state index contributed by atoms with van der Waals surface area (Å²) in [5.41, 5.74) is 1.92. The number of carbonyl (C=O) groups excluding carboxylic acids is 1. The topological polar surface area (TPSA) is 83.0 Å². The molecule has 1 saturated carbocycles. The van der Waals surface area contributed by atoms with Gasteiger partial charge in [-0.05, 0) is 62.1 Å². The molecule has 0 radical (unpaired) electrons. The first-order valence-corrected chi connectivity index (χ1v) is 10.3. The number of anilines is 3. The Labute approximate surface area is 169 Å². The van der Waals surface area contributed by atoms with Gasteiger partial charge < -0.3 is 15.5 Å². The number of fused-ring (bicyclic) bond motifs is 1. The lowest BCUT2D eigenvalue weighted by atomic mass is 9.96. The number of pyridine rings is 1. The van der Waals surface area contributed by atoms with Crippen LogP contribution in [0.4, 0.5) is 17.3 Å². The Kier molecular flexibility index (Phi) is 4.71. The van der Waals surface area contributed by atoms with Gasteiger partial charge in [-0.1, -0.05) is 6.07 Å². The third kappa shape index (κ3) is 4.13. The molecule has 148 valence electrons. The molecule has 0 bridgehead atoms. The van der Waals surface area contributed by atoms with E-state index in [1.165, 1.54) is 0 Å². The van der Waals surface area contributed by atoms with Crippen LogP contribution in [0.3, 0.4) is 0 Å². The van der Waals surface area contributed by atoms with Crippen LogP contribution in [0.25, 0.3) is 10.9 Å². The lowest BCUT2D eigenvalue weighted by Gasteiger charge is -2.31. The van der Waals surface area contributed by atoms with Gasteiger partial charge in [-0.3, -0.25) is 9.78 Å². The summed E-state index contributed by atoms with van der Waals surface area (Å²) in [6.07, 6.45) is 5.80. The van der Waals surface area contributed by atoms with Crippen LogP contribution >= 0.6 is 0 Å². The van der Waals surface area contributed by atoms with Gasteiger partial charge in [0.05, 0.1) is 5.52 Å². The molecule has 0 atom stereocenters. The fourth-order valence-corrected chi connectivity index (χ4v) is 3.78. The third-order valence-corrected chi connectivity index (χ3v) is 5.64. The molecule has 3 aromatic rings. The minimum absolute atomic E-state index is 0.128. The van der Waals surface area contributed by atoms with E-state index in [0.29, 0.717) is 11.9 Å². The molecule has 1 aliphatic carbocycles.